The fourth-order valence-electron chi connectivity index (χ4n) is 3.29. The number of nitrogens with one attached hydrogen (secondary N) is 2. The van der Waals surface area contributed by atoms with E-state index in [9.17, 15) is 4.79 Å². The fraction of sp³-hybridized carbons (Fsp3) is 0.533. The lowest BCUT2D eigenvalue weighted by Crippen LogP contribution is -2.55. The van der Waals surface area contributed by atoms with Crippen molar-refractivity contribution in [2.45, 2.75) is 38.8 Å². The monoisotopic (exact) mass is 259 g/mol. The van der Waals surface area contributed by atoms with E-state index in [1.165, 1.54) is 0 Å². The molecule has 4 nitrogen and oxygen atoms in total. The highest BCUT2D eigenvalue weighted by Crippen LogP contribution is 2.28. The third-order valence-corrected chi connectivity index (χ3v) is 4.33. The number of carbonyl (C=O) groups is 1. The molecule has 2 N–H and O–H groups in total. The second-order valence-electron chi connectivity index (χ2n) is 5.65. The molecule has 19 heavy (non-hydrogen) atoms. The van der Waals surface area contributed by atoms with Crippen LogP contribution in [0.3, 0.4) is 0 Å². The van der Waals surface area contributed by atoms with Crippen LogP contribution in [-0.2, 0) is 0 Å². The van der Waals surface area contributed by atoms with Gasteiger partial charge in [-0.1, -0.05) is 18.2 Å². The molecule has 2 aliphatic heterocycles. The smallest absolute Gasteiger partial charge is 0.316 e. The normalized spacial score (nSPS) is 25.5. The zero-order chi connectivity index (χ0) is 13.4. The number of benzene rings is 1. The summed E-state index contributed by atoms with van der Waals surface area (Å²) in [4.78, 5) is 14.6. The number of para-hydroxylation sites is 1. The van der Waals surface area contributed by atoms with Crippen molar-refractivity contribution in [3.05, 3.63) is 29.3 Å². The number of piperazine rings is 1. The fourth-order valence-corrected chi connectivity index (χ4v) is 3.29. The van der Waals surface area contributed by atoms with Crippen LogP contribution in [0.15, 0.2) is 18.2 Å². The largest absolute Gasteiger partial charge is 0.322 e. The van der Waals surface area contributed by atoms with Gasteiger partial charge in [0.1, 0.15) is 0 Å². The van der Waals surface area contributed by atoms with Crippen molar-refractivity contribution in [2.24, 2.45) is 0 Å². The summed E-state index contributed by atoms with van der Waals surface area (Å²) in [5, 5.41) is 6.50. The van der Waals surface area contributed by atoms with Gasteiger partial charge in [0.25, 0.3) is 0 Å². The van der Waals surface area contributed by atoms with Crippen LogP contribution in [0, 0.1) is 13.8 Å². The summed E-state index contributed by atoms with van der Waals surface area (Å²) >= 11 is 0. The van der Waals surface area contributed by atoms with E-state index >= 15 is 0 Å². The average molecular weight is 259 g/mol. The molecule has 3 rings (SSSR count). The maximum Gasteiger partial charge on any atom is 0.322 e. The van der Waals surface area contributed by atoms with Crippen LogP contribution >= 0.6 is 0 Å². The number of amides is 2. The minimum atomic E-state index is 0.0615. The topological polar surface area (TPSA) is 44.4 Å². The Hall–Kier alpha value is -1.55. The van der Waals surface area contributed by atoms with E-state index in [0.29, 0.717) is 12.1 Å². The number of carbonyl (C=O) groups excluding carboxylic acids is 1. The lowest BCUT2D eigenvalue weighted by molar-refractivity contribution is 0.167. The summed E-state index contributed by atoms with van der Waals surface area (Å²) in [5.41, 5.74) is 3.21. The predicted molar refractivity (Wildman–Crippen MR) is 76.5 cm³/mol. The Balaban J connectivity index is 1.78. The lowest BCUT2D eigenvalue weighted by Gasteiger charge is -2.35. The van der Waals surface area contributed by atoms with E-state index in [1.807, 2.05) is 36.9 Å². The molecule has 2 fully saturated rings. The van der Waals surface area contributed by atoms with Gasteiger partial charge in [0, 0.05) is 30.9 Å². The number of aryl methyl sites for hydroxylation is 2. The van der Waals surface area contributed by atoms with Crippen molar-refractivity contribution in [1.29, 1.82) is 0 Å². The third-order valence-electron chi connectivity index (χ3n) is 4.33. The number of hydrogen-bond donors (Lipinski definition) is 2. The molecule has 0 saturated carbocycles. The number of anilines is 1. The standard InChI is InChI=1S/C15H21N3O/c1-10-4-3-5-11(2)14(10)17-15(19)18-12-6-7-13(18)9-16-8-12/h3-5,12-13,16H,6-9H2,1-2H3,(H,17,19). The van der Waals surface area contributed by atoms with Crippen LogP contribution in [0.5, 0.6) is 0 Å². The molecule has 2 amide bonds. The summed E-state index contributed by atoms with van der Waals surface area (Å²) in [6.45, 7) is 5.93. The minimum absolute atomic E-state index is 0.0615. The zero-order valence-electron chi connectivity index (χ0n) is 11.6. The maximum atomic E-state index is 12.5. The number of fused-ring (bicyclic) bond motifs is 2. The summed E-state index contributed by atoms with van der Waals surface area (Å²) < 4.78 is 0. The third kappa shape index (κ3) is 2.21. The van der Waals surface area contributed by atoms with Crippen molar-refractivity contribution < 1.29 is 4.79 Å². The van der Waals surface area contributed by atoms with Crippen LogP contribution < -0.4 is 10.6 Å². The van der Waals surface area contributed by atoms with Crippen molar-refractivity contribution in [3.8, 4) is 0 Å². The SMILES string of the molecule is Cc1cccc(C)c1NC(=O)N1C2CCC1CNC2. The zero-order valence-corrected chi connectivity index (χ0v) is 11.6. The molecule has 0 aromatic heterocycles. The quantitative estimate of drug-likeness (QED) is 0.812. The van der Waals surface area contributed by atoms with Gasteiger partial charge in [0.15, 0.2) is 0 Å². The Bertz CT molecular complexity index is 464. The molecular weight excluding hydrogens is 238 g/mol. The Morgan fingerprint density at radius 1 is 1.21 bits per heavy atom. The van der Waals surface area contributed by atoms with Gasteiger partial charge in [-0.25, -0.2) is 4.79 Å². The second kappa shape index (κ2) is 4.85. The molecule has 4 heteroatoms. The first-order valence-electron chi connectivity index (χ1n) is 7.03. The first-order chi connectivity index (χ1) is 9.16. The van der Waals surface area contributed by atoms with Crippen LogP contribution in [0.4, 0.5) is 10.5 Å². The van der Waals surface area contributed by atoms with Crippen LogP contribution in [-0.4, -0.2) is 36.1 Å². The molecule has 2 atom stereocenters. The minimum Gasteiger partial charge on any atom is -0.316 e. The van der Waals surface area contributed by atoms with E-state index < -0.39 is 0 Å². The first-order valence-corrected chi connectivity index (χ1v) is 7.03. The average Bonchev–Trinajstić information content (AvgIpc) is 2.64. The van der Waals surface area contributed by atoms with Gasteiger partial charge in [0.05, 0.1) is 0 Å². The van der Waals surface area contributed by atoms with E-state index in [4.69, 9.17) is 0 Å². The highest BCUT2D eigenvalue weighted by Gasteiger charge is 2.39. The van der Waals surface area contributed by atoms with Gasteiger partial charge < -0.3 is 15.5 Å². The van der Waals surface area contributed by atoms with Crippen LogP contribution in [0.2, 0.25) is 0 Å². The highest BCUT2D eigenvalue weighted by molar-refractivity contribution is 5.91. The summed E-state index contributed by atoms with van der Waals surface area (Å²) in [5.74, 6) is 0. The molecule has 2 saturated heterocycles. The lowest BCUT2D eigenvalue weighted by atomic mass is 10.1. The molecule has 2 aliphatic rings. The molecule has 0 aliphatic carbocycles. The number of nitrogens with zero attached hydrogens (tertiary/aromatic N) is 1. The van der Waals surface area contributed by atoms with Crippen LogP contribution in [0.1, 0.15) is 24.0 Å². The molecule has 1 aromatic carbocycles. The van der Waals surface area contributed by atoms with Gasteiger partial charge in [-0.2, -0.15) is 0 Å². The molecule has 2 heterocycles. The van der Waals surface area contributed by atoms with Gasteiger partial charge in [-0.05, 0) is 37.8 Å². The number of hydrogen-bond acceptors (Lipinski definition) is 2. The predicted octanol–water partition coefficient (Wildman–Crippen LogP) is 2.27. The first kappa shape index (κ1) is 12.5. The van der Waals surface area contributed by atoms with E-state index in [1.54, 1.807) is 0 Å². The number of rotatable bonds is 1. The Labute approximate surface area is 114 Å². The molecular formula is C15H21N3O. The van der Waals surface area contributed by atoms with Gasteiger partial charge in [0.2, 0.25) is 0 Å². The van der Waals surface area contributed by atoms with Gasteiger partial charge in [-0.3, -0.25) is 0 Å². The van der Waals surface area contributed by atoms with E-state index in [-0.39, 0.29) is 6.03 Å². The summed E-state index contributed by atoms with van der Waals surface area (Å²) in [6.07, 6.45) is 2.25. The van der Waals surface area contributed by atoms with Crippen molar-refractivity contribution in [1.82, 2.24) is 10.2 Å². The second-order valence-corrected chi connectivity index (χ2v) is 5.65. The van der Waals surface area contributed by atoms with Crippen molar-refractivity contribution >= 4 is 11.7 Å². The van der Waals surface area contributed by atoms with E-state index in [0.717, 1.165) is 42.7 Å². The van der Waals surface area contributed by atoms with Gasteiger partial charge >= 0.3 is 6.03 Å². The molecule has 102 valence electrons. The highest BCUT2D eigenvalue weighted by atomic mass is 16.2. The van der Waals surface area contributed by atoms with Crippen molar-refractivity contribution in [3.63, 3.8) is 0 Å². The Morgan fingerprint density at radius 2 is 1.79 bits per heavy atom. The Kier molecular flexibility index (Phi) is 3.19. The Morgan fingerprint density at radius 3 is 2.37 bits per heavy atom. The maximum absolute atomic E-state index is 12.5. The summed E-state index contributed by atoms with van der Waals surface area (Å²) in [7, 11) is 0. The summed E-state index contributed by atoms with van der Waals surface area (Å²) in [6, 6.07) is 6.89. The molecule has 2 unspecified atom stereocenters. The van der Waals surface area contributed by atoms with Gasteiger partial charge in [-0.15, -0.1) is 0 Å². The van der Waals surface area contributed by atoms with Crippen molar-refractivity contribution in [2.75, 3.05) is 18.4 Å². The number of urea groups is 1. The van der Waals surface area contributed by atoms with Crippen LogP contribution in [0.25, 0.3) is 0 Å². The molecule has 2 bridgehead atoms. The molecule has 0 radical (unpaired) electrons. The van der Waals surface area contributed by atoms with E-state index in [2.05, 4.69) is 10.6 Å². The molecule has 0 spiro atoms. The molecule has 1 aromatic rings.